The van der Waals surface area contributed by atoms with Crippen LogP contribution in [0.4, 0.5) is 0 Å². The van der Waals surface area contributed by atoms with Gasteiger partial charge in [0, 0.05) is 12.6 Å². The van der Waals surface area contributed by atoms with Crippen molar-refractivity contribution in [2.24, 2.45) is 0 Å². The van der Waals surface area contributed by atoms with Crippen LogP contribution in [0.25, 0.3) is 0 Å². The largest absolute Gasteiger partial charge is 0.497 e. The zero-order valence-electron chi connectivity index (χ0n) is 18.9. The van der Waals surface area contributed by atoms with E-state index in [0.717, 1.165) is 11.3 Å². The molecule has 2 aromatic carbocycles. The zero-order chi connectivity index (χ0) is 22.8. The summed E-state index contributed by atoms with van der Waals surface area (Å²) in [6.45, 7) is 5.80. The Hall–Kier alpha value is -3.22. The summed E-state index contributed by atoms with van der Waals surface area (Å²) >= 11 is 0. The van der Waals surface area contributed by atoms with Crippen molar-refractivity contribution >= 4 is 11.8 Å². The van der Waals surface area contributed by atoms with Crippen LogP contribution in [0.15, 0.2) is 48.5 Å². The highest BCUT2D eigenvalue weighted by molar-refractivity contribution is 5.88. The van der Waals surface area contributed by atoms with Gasteiger partial charge in [-0.25, -0.2) is 0 Å². The van der Waals surface area contributed by atoms with E-state index in [4.69, 9.17) is 14.2 Å². The fraction of sp³-hybridized carbons (Fsp3) is 0.417. The summed E-state index contributed by atoms with van der Waals surface area (Å²) < 4.78 is 16.0. The molecule has 0 aliphatic carbocycles. The first-order valence-corrected chi connectivity index (χ1v) is 10.4. The number of hydrogen-bond donors (Lipinski definition) is 1. The van der Waals surface area contributed by atoms with Crippen LogP contribution in [-0.4, -0.2) is 49.6 Å². The average Bonchev–Trinajstić information content (AvgIpc) is 2.77. The van der Waals surface area contributed by atoms with Crippen molar-refractivity contribution in [3.05, 3.63) is 54.1 Å². The molecule has 168 valence electrons. The van der Waals surface area contributed by atoms with E-state index in [0.29, 0.717) is 24.5 Å². The maximum absolute atomic E-state index is 13.1. The fourth-order valence-corrected chi connectivity index (χ4v) is 3.13. The lowest BCUT2D eigenvalue weighted by Crippen LogP contribution is -2.51. The van der Waals surface area contributed by atoms with Crippen LogP contribution in [0.2, 0.25) is 0 Å². The number of benzene rings is 2. The Morgan fingerprint density at radius 2 is 1.42 bits per heavy atom. The highest BCUT2D eigenvalue weighted by Gasteiger charge is 2.29. The number of carbonyl (C=O) groups excluding carboxylic acids is 2. The summed E-state index contributed by atoms with van der Waals surface area (Å²) in [4.78, 5) is 27.5. The Labute approximate surface area is 184 Å². The van der Waals surface area contributed by atoms with E-state index < -0.39 is 6.04 Å². The molecule has 7 nitrogen and oxygen atoms in total. The van der Waals surface area contributed by atoms with E-state index in [2.05, 4.69) is 5.32 Å². The van der Waals surface area contributed by atoms with Crippen molar-refractivity contribution in [3.63, 3.8) is 0 Å². The minimum absolute atomic E-state index is 0.0185. The molecule has 0 heterocycles. The topological polar surface area (TPSA) is 77.1 Å². The third kappa shape index (κ3) is 7.20. The van der Waals surface area contributed by atoms with Crippen LogP contribution in [-0.2, 0) is 16.1 Å². The monoisotopic (exact) mass is 428 g/mol. The van der Waals surface area contributed by atoms with Crippen molar-refractivity contribution < 1.29 is 23.8 Å². The Balaban J connectivity index is 2.18. The molecule has 1 atom stereocenters. The number of amides is 2. The SMILES string of the molecule is CCC(C(=O)NC(C)C)N(Cc1ccc(OC)cc1)C(=O)COc1ccc(OC)cc1. The normalized spacial score (nSPS) is 11.5. The third-order valence-corrected chi connectivity index (χ3v) is 4.75. The predicted octanol–water partition coefficient (Wildman–Crippen LogP) is 3.41. The number of ether oxygens (including phenoxy) is 3. The van der Waals surface area contributed by atoms with Crippen molar-refractivity contribution in [3.8, 4) is 17.2 Å². The molecule has 0 aliphatic heterocycles. The molecule has 0 saturated heterocycles. The smallest absolute Gasteiger partial charge is 0.261 e. The highest BCUT2D eigenvalue weighted by atomic mass is 16.5. The van der Waals surface area contributed by atoms with E-state index >= 15 is 0 Å². The molecule has 0 spiro atoms. The van der Waals surface area contributed by atoms with E-state index in [9.17, 15) is 9.59 Å². The van der Waals surface area contributed by atoms with E-state index in [1.165, 1.54) is 0 Å². The second-order valence-corrected chi connectivity index (χ2v) is 7.42. The summed E-state index contributed by atoms with van der Waals surface area (Å²) in [6, 6.07) is 13.8. The molecule has 0 aromatic heterocycles. The summed E-state index contributed by atoms with van der Waals surface area (Å²) in [7, 11) is 3.19. The molecule has 7 heteroatoms. The third-order valence-electron chi connectivity index (χ3n) is 4.75. The van der Waals surface area contributed by atoms with Gasteiger partial charge in [0.25, 0.3) is 5.91 Å². The lowest BCUT2D eigenvalue weighted by atomic mass is 10.1. The predicted molar refractivity (Wildman–Crippen MR) is 119 cm³/mol. The van der Waals surface area contributed by atoms with Gasteiger partial charge in [0.15, 0.2) is 6.61 Å². The molecule has 31 heavy (non-hydrogen) atoms. The van der Waals surface area contributed by atoms with E-state index in [1.54, 1.807) is 43.4 Å². The van der Waals surface area contributed by atoms with Crippen LogP contribution in [0.1, 0.15) is 32.8 Å². The van der Waals surface area contributed by atoms with Crippen LogP contribution in [0.3, 0.4) is 0 Å². The minimum Gasteiger partial charge on any atom is -0.497 e. The second-order valence-electron chi connectivity index (χ2n) is 7.42. The van der Waals surface area contributed by atoms with E-state index in [-0.39, 0.29) is 24.5 Å². The summed E-state index contributed by atoms with van der Waals surface area (Å²) in [5.41, 5.74) is 0.898. The molecular formula is C24H32N2O5. The first-order chi connectivity index (χ1) is 14.9. The Kier molecular flexibility index (Phi) is 9.18. The number of nitrogens with one attached hydrogen (secondary N) is 1. The number of carbonyl (C=O) groups is 2. The lowest BCUT2D eigenvalue weighted by molar-refractivity contribution is -0.143. The molecule has 2 rings (SSSR count). The minimum atomic E-state index is -0.600. The lowest BCUT2D eigenvalue weighted by Gasteiger charge is -2.31. The van der Waals surface area contributed by atoms with Gasteiger partial charge in [-0.1, -0.05) is 19.1 Å². The van der Waals surface area contributed by atoms with Crippen molar-refractivity contribution in [1.82, 2.24) is 10.2 Å². The summed E-state index contributed by atoms with van der Waals surface area (Å²) in [6.07, 6.45) is 0.489. The number of rotatable bonds is 11. The van der Waals surface area contributed by atoms with Crippen LogP contribution < -0.4 is 19.5 Å². The van der Waals surface area contributed by atoms with E-state index in [1.807, 2.05) is 45.0 Å². The first-order valence-electron chi connectivity index (χ1n) is 10.4. The molecular weight excluding hydrogens is 396 g/mol. The zero-order valence-corrected chi connectivity index (χ0v) is 18.9. The molecule has 2 aromatic rings. The van der Waals surface area contributed by atoms with Crippen molar-refractivity contribution in [2.75, 3.05) is 20.8 Å². The maximum Gasteiger partial charge on any atom is 0.261 e. The van der Waals surface area contributed by atoms with Gasteiger partial charge in [-0.2, -0.15) is 0 Å². The van der Waals surface area contributed by atoms with Crippen LogP contribution in [0.5, 0.6) is 17.2 Å². The standard InChI is InChI=1S/C24H32N2O5/c1-6-22(24(28)25-17(2)3)26(15-18-7-9-19(29-4)10-8-18)23(27)16-31-21-13-11-20(30-5)12-14-21/h7-14,17,22H,6,15-16H2,1-5H3,(H,25,28). The van der Waals surface area contributed by atoms with Crippen molar-refractivity contribution in [1.29, 1.82) is 0 Å². The summed E-state index contributed by atoms with van der Waals surface area (Å²) in [5.74, 6) is 1.55. The average molecular weight is 429 g/mol. The highest BCUT2D eigenvalue weighted by Crippen LogP contribution is 2.19. The Morgan fingerprint density at radius 1 is 0.903 bits per heavy atom. The first kappa shape index (κ1) is 24.1. The van der Waals surface area contributed by atoms with Gasteiger partial charge in [-0.3, -0.25) is 9.59 Å². The molecule has 1 unspecified atom stereocenters. The molecule has 2 amide bonds. The van der Waals surface area contributed by atoms with Crippen LogP contribution in [0, 0.1) is 0 Å². The molecule has 0 saturated carbocycles. The van der Waals surface area contributed by atoms with Crippen LogP contribution >= 0.6 is 0 Å². The molecule has 0 aliphatic rings. The fourth-order valence-electron chi connectivity index (χ4n) is 3.13. The second kappa shape index (κ2) is 11.8. The number of methoxy groups -OCH3 is 2. The van der Waals surface area contributed by atoms with Gasteiger partial charge < -0.3 is 24.4 Å². The van der Waals surface area contributed by atoms with Crippen molar-refractivity contribution in [2.45, 2.75) is 45.8 Å². The Bertz CT molecular complexity index is 834. The molecule has 0 fully saturated rings. The maximum atomic E-state index is 13.1. The van der Waals surface area contributed by atoms with Gasteiger partial charge in [0.1, 0.15) is 23.3 Å². The van der Waals surface area contributed by atoms with Gasteiger partial charge in [-0.15, -0.1) is 0 Å². The molecule has 0 radical (unpaired) electrons. The number of hydrogen-bond acceptors (Lipinski definition) is 5. The Morgan fingerprint density at radius 3 is 1.90 bits per heavy atom. The number of nitrogens with zero attached hydrogens (tertiary/aromatic N) is 1. The molecule has 1 N–H and O–H groups in total. The quantitative estimate of drug-likeness (QED) is 0.594. The van der Waals surface area contributed by atoms with Gasteiger partial charge in [-0.05, 0) is 62.2 Å². The summed E-state index contributed by atoms with van der Waals surface area (Å²) in [5, 5.41) is 2.91. The molecule has 0 bridgehead atoms. The van der Waals surface area contributed by atoms with Gasteiger partial charge in [0.2, 0.25) is 5.91 Å². The van der Waals surface area contributed by atoms with Gasteiger partial charge >= 0.3 is 0 Å². The van der Waals surface area contributed by atoms with Gasteiger partial charge in [0.05, 0.1) is 14.2 Å².